The molecule has 0 saturated heterocycles. The molecule has 0 saturated carbocycles. The highest BCUT2D eigenvalue weighted by molar-refractivity contribution is 5.92. The Morgan fingerprint density at radius 3 is 1.86 bits per heavy atom. The monoisotopic (exact) mass is 604 g/mol. The summed E-state index contributed by atoms with van der Waals surface area (Å²) in [7, 11) is 0. The molecule has 0 heterocycles. The van der Waals surface area contributed by atoms with Crippen LogP contribution in [0.5, 0.6) is 0 Å². The van der Waals surface area contributed by atoms with Crippen LogP contribution in [0.3, 0.4) is 0 Å². The minimum absolute atomic E-state index is 0.0148. The predicted octanol–water partition coefficient (Wildman–Crippen LogP) is 1.92. The smallest absolute Gasteiger partial charge is 0.350 e. The third kappa shape index (κ3) is 10.9. The molecule has 42 heavy (non-hydrogen) atoms. The Labute approximate surface area is 238 Å². The van der Waals surface area contributed by atoms with E-state index in [2.05, 4.69) is 10.6 Å². The van der Waals surface area contributed by atoms with Gasteiger partial charge in [-0.05, 0) is 42.2 Å². The average molecular weight is 605 g/mol. The van der Waals surface area contributed by atoms with E-state index in [0.29, 0.717) is 12.1 Å². The number of alkyl halides is 6. The highest BCUT2D eigenvalue weighted by atomic mass is 19.4. The lowest BCUT2D eigenvalue weighted by Crippen LogP contribution is -2.53. The molecule has 0 aromatic heterocycles. The molecule has 232 valence electrons. The van der Waals surface area contributed by atoms with E-state index in [1.807, 2.05) is 0 Å². The number of carbonyl (C=O) groups is 3. The van der Waals surface area contributed by atoms with E-state index in [9.17, 15) is 40.7 Å². The number of nitrogens with two attached hydrogens (primary N) is 3. The molecule has 0 spiro atoms. The summed E-state index contributed by atoms with van der Waals surface area (Å²) < 4.78 is 79.3. The summed E-state index contributed by atoms with van der Waals surface area (Å²) in [5, 5.41) is 4.74. The van der Waals surface area contributed by atoms with E-state index in [1.54, 1.807) is 30.3 Å². The number of nitrogens with zero attached hydrogens (tertiary/aromatic N) is 1. The maximum absolute atomic E-state index is 13.2. The highest BCUT2D eigenvalue weighted by Crippen LogP contribution is 2.36. The van der Waals surface area contributed by atoms with Gasteiger partial charge < -0.3 is 32.7 Å². The van der Waals surface area contributed by atoms with Gasteiger partial charge in [-0.15, -0.1) is 0 Å². The van der Waals surface area contributed by atoms with Crippen LogP contribution in [-0.4, -0.2) is 60.9 Å². The highest BCUT2D eigenvalue weighted by Gasteiger charge is 2.37. The summed E-state index contributed by atoms with van der Waals surface area (Å²) in [4.78, 5) is 39.8. The fraction of sp³-hybridized carbons (Fsp3) is 0.444. The summed E-state index contributed by atoms with van der Waals surface area (Å²) >= 11 is 0. The van der Waals surface area contributed by atoms with Gasteiger partial charge in [0.05, 0.1) is 23.6 Å². The molecule has 0 unspecified atom stereocenters. The van der Waals surface area contributed by atoms with Crippen molar-refractivity contribution < 1.29 is 40.7 Å². The van der Waals surface area contributed by atoms with Crippen molar-refractivity contribution in [1.29, 1.82) is 0 Å². The van der Waals surface area contributed by atoms with Gasteiger partial charge in [0, 0.05) is 32.7 Å². The molecular weight excluding hydrogens is 570 g/mol. The number of hydrogen-bond donors (Lipinski definition) is 5. The van der Waals surface area contributed by atoms with Crippen LogP contribution < -0.4 is 27.8 Å². The maximum atomic E-state index is 13.2. The summed E-state index contributed by atoms with van der Waals surface area (Å²) in [6, 6.07) is 7.18. The minimum atomic E-state index is -5.05. The second kappa shape index (κ2) is 15.5. The first kappa shape index (κ1) is 34.5. The van der Waals surface area contributed by atoms with E-state index in [-0.39, 0.29) is 45.1 Å². The van der Waals surface area contributed by atoms with Crippen molar-refractivity contribution in [2.45, 2.75) is 50.2 Å². The van der Waals surface area contributed by atoms with Gasteiger partial charge >= 0.3 is 12.4 Å². The zero-order chi connectivity index (χ0) is 31.5. The third-order valence-corrected chi connectivity index (χ3v) is 6.19. The maximum Gasteiger partial charge on any atom is 0.416 e. The number of rotatable bonds is 14. The lowest BCUT2D eigenvalue weighted by Gasteiger charge is -2.24. The summed E-state index contributed by atoms with van der Waals surface area (Å²) in [6.45, 7) is 0.0217. The summed E-state index contributed by atoms with van der Waals surface area (Å²) in [5.41, 5.74) is 14.2. The van der Waals surface area contributed by atoms with Crippen molar-refractivity contribution in [2.75, 3.05) is 26.2 Å². The SMILES string of the molecule is NCCN(CCN)C(=O)C[C@H](N)C(=O)N[C@@H](CCc1ccccc1)C(=O)NCc1cc(C(F)(F)F)cc(C(F)(F)F)c1. The molecular formula is C27H34F6N6O3. The van der Waals surface area contributed by atoms with Gasteiger partial charge in [0.1, 0.15) is 6.04 Å². The van der Waals surface area contributed by atoms with E-state index < -0.39 is 71.8 Å². The van der Waals surface area contributed by atoms with Crippen molar-refractivity contribution in [3.63, 3.8) is 0 Å². The van der Waals surface area contributed by atoms with Crippen LogP contribution in [0.25, 0.3) is 0 Å². The van der Waals surface area contributed by atoms with Crippen LogP contribution >= 0.6 is 0 Å². The Morgan fingerprint density at radius 1 is 0.810 bits per heavy atom. The lowest BCUT2D eigenvalue weighted by atomic mass is 10.0. The number of carbonyl (C=O) groups excluding carboxylic acids is 3. The molecule has 9 nitrogen and oxygen atoms in total. The molecule has 15 heteroatoms. The quantitative estimate of drug-likeness (QED) is 0.208. The zero-order valence-electron chi connectivity index (χ0n) is 22.6. The van der Waals surface area contributed by atoms with Crippen LogP contribution in [0.1, 0.15) is 35.1 Å². The molecule has 0 radical (unpaired) electrons. The van der Waals surface area contributed by atoms with Crippen molar-refractivity contribution in [3.8, 4) is 0 Å². The Bertz CT molecular complexity index is 1150. The minimum Gasteiger partial charge on any atom is -0.350 e. The van der Waals surface area contributed by atoms with E-state index >= 15 is 0 Å². The first-order valence-corrected chi connectivity index (χ1v) is 13.0. The van der Waals surface area contributed by atoms with Crippen LogP contribution in [0, 0.1) is 0 Å². The van der Waals surface area contributed by atoms with Crippen LogP contribution in [0.15, 0.2) is 48.5 Å². The Kier molecular flexibility index (Phi) is 12.7. The largest absolute Gasteiger partial charge is 0.416 e. The standard InChI is InChI=1S/C27H34F6N6O3/c28-26(29,30)19-12-18(13-20(14-19)27(31,32)33)16-37-25(42)22(7-6-17-4-2-1-3-5-17)38-24(41)21(36)15-23(40)39(10-8-34)11-9-35/h1-5,12-14,21-22H,6-11,15-16,34-36H2,(H,37,42)(H,38,41)/t21-,22-/m0/s1. The average Bonchev–Trinajstić information content (AvgIpc) is 2.93. The van der Waals surface area contributed by atoms with Crippen molar-refractivity contribution >= 4 is 17.7 Å². The second-order valence-corrected chi connectivity index (χ2v) is 9.49. The Morgan fingerprint density at radius 2 is 1.36 bits per heavy atom. The molecule has 2 aromatic carbocycles. The fourth-order valence-electron chi connectivity index (χ4n) is 4.02. The van der Waals surface area contributed by atoms with Crippen molar-refractivity contribution in [1.82, 2.24) is 15.5 Å². The van der Waals surface area contributed by atoms with Gasteiger partial charge in [0.15, 0.2) is 0 Å². The first-order chi connectivity index (χ1) is 19.6. The number of benzene rings is 2. The lowest BCUT2D eigenvalue weighted by molar-refractivity contribution is -0.143. The number of aryl methyl sites for hydroxylation is 1. The third-order valence-electron chi connectivity index (χ3n) is 6.19. The number of hydrogen-bond acceptors (Lipinski definition) is 6. The Balaban J connectivity index is 2.19. The molecule has 8 N–H and O–H groups in total. The zero-order valence-corrected chi connectivity index (χ0v) is 22.6. The van der Waals surface area contributed by atoms with E-state index in [4.69, 9.17) is 17.2 Å². The van der Waals surface area contributed by atoms with Gasteiger partial charge in [0.2, 0.25) is 17.7 Å². The molecule has 2 atom stereocenters. The normalized spacial score (nSPS) is 13.3. The van der Waals surface area contributed by atoms with Crippen molar-refractivity contribution in [2.24, 2.45) is 17.2 Å². The topological polar surface area (TPSA) is 157 Å². The number of nitrogens with one attached hydrogen (secondary N) is 2. The molecule has 0 fully saturated rings. The molecule has 2 aromatic rings. The van der Waals surface area contributed by atoms with E-state index in [1.165, 1.54) is 4.90 Å². The molecule has 0 aliphatic carbocycles. The van der Waals surface area contributed by atoms with Gasteiger partial charge in [-0.1, -0.05) is 30.3 Å². The summed E-state index contributed by atoms with van der Waals surface area (Å²) in [5.74, 6) is -2.20. The van der Waals surface area contributed by atoms with Gasteiger partial charge in [-0.25, -0.2) is 0 Å². The van der Waals surface area contributed by atoms with Crippen LogP contribution in [-0.2, 0) is 39.7 Å². The molecule has 0 aliphatic heterocycles. The van der Waals surface area contributed by atoms with Gasteiger partial charge in [-0.3, -0.25) is 14.4 Å². The molecule has 3 amide bonds. The van der Waals surface area contributed by atoms with Crippen molar-refractivity contribution in [3.05, 3.63) is 70.8 Å². The van der Waals surface area contributed by atoms with Crippen LogP contribution in [0.2, 0.25) is 0 Å². The number of amides is 3. The number of halogens is 6. The Hall–Kier alpha value is -3.69. The van der Waals surface area contributed by atoms with Gasteiger partial charge in [-0.2, -0.15) is 26.3 Å². The predicted molar refractivity (Wildman–Crippen MR) is 142 cm³/mol. The molecule has 0 bridgehead atoms. The summed E-state index contributed by atoms with van der Waals surface area (Å²) in [6.07, 6.45) is -10.2. The fourth-order valence-corrected chi connectivity index (χ4v) is 4.02. The van der Waals surface area contributed by atoms with E-state index in [0.717, 1.165) is 5.56 Å². The molecule has 2 rings (SSSR count). The second-order valence-electron chi connectivity index (χ2n) is 9.49. The van der Waals surface area contributed by atoms with Crippen LogP contribution in [0.4, 0.5) is 26.3 Å². The first-order valence-electron chi connectivity index (χ1n) is 13.0. The van der Waals surface area contributed by atoms with Gasteiger partial charge in [0.25, 0.3) is 0 Å². The molecule has 0 aliphatic rings.